The van der Waals surface area contributed by atoms with Crippen molar-refractivity contribution in [2.24, 2.45) is 5.92 Å². The Balaban J connectivity index is 0.00000154. The maximum Gasteiger partial charge on any atom is 0.400 e. The number of hydrogen-bond donors (Lipinski definition) is 1. The number of hydrogen-bond acceptors (Lipinski definition) is 1. The Morgan fingerprint density at radius 1 is 1.05 bits per heavy atom. The molecule has 1 heterocycles. The van der Waals surface area contributed by atoms with Crippen molar-refractivity contribution in [2.45, 2.75) is 64.3 Å². The predicted octanol–water partition coefficient (Wildman–Crippen LogP) is 4.68. The third kappa shape index (κ3) is 7.03. The van der Waals surface area contributed by atoms with Crippen LogP contribution in [0.15, 0.2) is 0 Å². The Morgan fingerprint density at radius 2 is 1.58 bits per heavy atom. The second kappa shape index (κ2) is 7.97. The van der Waals surface area contributed by atoms with Crippen molar-refractivity contribution in [3.8, 4) is 0 Å². The minimum Gasteiger partial charge on any atom is -0.314 e. The van der Waals surface area contributed by atoms with Gasteiger partial charge in [0, 0.05) is 6.04 Å². The summed E-state index contributed by atoms with van der Waals surface area (Å²) in [5, 5.41) is 3.05. The molecule has 1 saturated heterocycles. The van der Waals surface area contributed by atoms with Crippen LogP contribution in [0.5, 0.6) is 0 Å². The lowest BCUT2D eigenvalue weighted by molar-refractivity contribution is -0.285. The van der Waals surface area contributed by atoms with E-state index in [1.165, 1.54) is 0 Å². The van der Waals surface area contributed by atoms with Gasteiger partial charge in [-0.15, -0.1) is 0 Å². The molecule has 1 rings (SSSR count). The van der Waals surface area contributed by atoms with E-state index in [1.807, 2.05) is 13.8 Å². The summed E-state index contributed by atoms with van der Waals surface area (Å²) in [6.45, 7) is 4.80. The normalized spacial score (nSPS) is 20.4. The molecule has 1 unspecified atom stereocenters. The van der Waals surface area contributed by atoms with Gasteiger partial charge >= 0.3 is 12.4 Å². The molecule has 1 atom stereocenters. The summed E-state index contributed by atoms with van der Waals surface area (Å²) in [5.74, 6) is -3.18. The zero-order valence-corrected chi connectivity index (χ0v) is 11.2. The van der Waals surface area contributed by atoms with Crippen LogP contribution in [-0.4, -0.2) is 24.9 Å². The summed E-state index contributed by atoms with van der Waals surface area (Å²) in [4.78, 5) is 0. The Kier molecular flexibility index (Phi) is 7.78. The van der Waals surface area contributed by atoms with Crippen molar-refractivity contribution in [2.75, 3.05) is 6.54 Å². The molecule has 116 valence electrons. The quantitative estimate of drug-likeness (QED) is 0.742. The minimum atomic E-state index is -5.19. The van der Waals surface area contributed by atoms with Crippen LogP contribution in [-0.2, 0) is 0 Å². The summed E-state index contributed by atoms with van der Waals surface area (Å²) in [6.07, 6.45) is -9.16. The number of nitrogens with one attached hydrogen (secondary N) is 1. The fourth-order valence-electron chi connectivity index (χ4n) is 2.08. The molecule has 0 aromatic carbocycles. The lowest BCUT2D eigenvalue weighted by atomic mass is 9.98. The zero-order valence-electron chi connectivity index (χ0n) is 11.2. The van der Waals surface area contributed by atoms with Crippen LogP contribution in [0.3, 0.4) is 0 Å². The van der Waals surface area contributed by atoms with Crippen molar-refractivity contribution < 1.29 is 26.3 Å². The molecule has 0 aromatic rings. The van der Waals surface area contributed by atoms with Crippen molar-refractivity contribution in [1.82, 2.24) is 5.32 Å². The van der Waals surface area contributed by atoms with Crippen LogP contribution in [0, 0.1) is 5.92 Å². The van der Waals surface area contributed by atoms with Gasteiger partial charge in [0.15, 0.2) is 5.92 Å². The van der Waals surface area contributed by atoms with Gasteiger partial charge in [-0.2, -0.15) is 26.3 Å². The first-order valence-corrected chi connectivity index (χ1v) is 6.58. The molecule has 0 aromatic heterocycles. The van der Waals surface area contributed by atoms with E-state index in [4.69, 9.17) is 0 Å². The van der Waals surface area contributed by atoms with Crippen LogP contribution in [0.4, 0.5) is 26.3 Å². The molecule has 0 saturated carbocycles. The first-order chi connectivity index (χ1) is 8.71. The van der Waals surface area contributed by atoms with Gasteiger partial charge in [0.2, 0.25) is 0 Å². The van der Waals surface area contributed by atoms with E-state index in [1.54, 1.807) is 0 Å². The molecule has 1 aliphatic rings. The summed E-state index contributed by atoms with van der Waals surface area (Å²) >= 11 is 0. The summed E-state index contributed by atoms with van der Waals surface area (Å²) in [5.41, 5.74) is 0. The van der Waals surface area contributed by atoms with Crippen molar-refractivity contribution in [3.63, 3.8) is 0 Å². The molecule has 0 spiro atoms. The van der Waals surface area contributed by atoms with Gasteiger partial charge in [-0.05, 0) is 32.2 Å². The average Bonchev–Trinajstić information content (AvgIpc) is 2.76. The van der Waals surface area contributed by atoms with E-state index >= 15 is 0 Å². The SMILES string of the molecule is CC.FC(F)(F)C(CCCC1CCCN1)C(F)(F)F. The van der Waals surface area contributed by atoms with Crippen LogP contribution < -0.4 is 5.32 Å². The highest BCUT2D eigenvalue weighted by Crippen LogP contribution is 2.42. The van der Waals surface area contributed by atoms with E-state index < -0.39 is 24.7 Å². The smallest absolute Gasteiger partial charge is 0.314 e. The second-order valence-corrected chi connectivity index (χ2v) is 4.36. The molecule has 0 amide bonds. The van der Waals surface area contributed by atoms with E-state index in [2.05, 4.69) is 5.32 Å². The third-order valence-corrected chi connectivity index (χ3v) is 3.00. The van der Waals surface area contributed by atoms with E-state index in [9.17, 15) is 26.3 Å². The van der Waals surface area contributed by atoms with Crippen LogP contribution >= 0.6 is 0 Å². The lowest BCUT2D eigenvalue weighted by Crippen LogP contribution is -2.36. The van der Waals surface area contributed by atoms with Crippen molar-refractivity contribution in [1.29, 1.82) is 0 Å². The highest BCUT2D eigenvalue weighted by molar-refractivity contribution is 4.78. The molecule has 7 heteroatoms. The van der Waals surface area contributed by atoms with Gasteiger partial charge in [0.1, 0.15) is 0 Å². The van der Waals surface area contributed by atoms with Crippen LogP contribution in [0.2, 0.25) is 0 Å². The Bertz CT molecular complexity index is 215. The summed E-state index contributed by atoms with van der Waals surface area (Å²) in [6, 6.07) is 0.0807. The fraction of sp³-hybridized carbons (Fsp3) is 1.00. The molecule has 1 fully saturated rings. The third-order valence-electron chi connectivity index (χ3n) is 3.00. The minimum absolute atomic E-state index is 0.0542. The Hall–Kier alpha value is -0.460. The fourth-order valence-corrected chi connectivity index (χ4v) is 2.08. The maximum absolute atomic E-state index is 12.2. The second-order valence-electron chi connectivity index (χ2n) is 4.36. The van der Waals surface area contributed by atoms with Crippen LogP contribution in [0.1, 0.15) is 46.0 Å². The van der Waals surface area contributed by atoms with Gasteiger partial charge < -0.3 is 5.32 Å². The largest absolute Gasteiger partial charge is 0.400 e. The van der Waals surface area contributed by atoms with E-state index in [-0.39, 0.29) is 12.5 Å². The van der Waals surface area contributed by atoms with Crippen molar-refractivity contribution in [3.05, 3.63) is 0 Å². The molecule has 0 radical (unpaired) electrons. The zero-order chi connectivity index (χ0) is 15.1. The van der Waals surface area contributed by atoms with E-state index in [0.717, 1.165) is 19.4 Å². The van der Waals surface area contributed by atoms with Crippen LogP contribution in [0.25, 0.3) is 0 Å². The average molecular weight is 293 g/mol. The summed E-state index contributed by atoms with van der Waals surface area (Å²) < 4.78 is 73.1. The van der Waals surface area contributed by atoms with Gasteiger partial charge in [-0.1, -0.05) is 20.3 Å². The van der Waals surface area contributed by atoms with Gasteiger partial charge in [0.05, 0.1) is 0 Å². The highest BCUT2D eigenvalue weighted by Gasteiger charge is 2.55. The summed E-state index contributed by atoms with van der Waals surface area (Å²) in [7, 11) is 0. The number of alkyl halides is 6. The molecule has 1 aliphatic heterocycles. The maximum atomic E-state index is 12.2. The van der Waals surface area contributed by atoms with Gasteiger partial charge in [-0.3, -0.25) is 0 Å². The molecular formula is C12H21F6N. The van der Waals surface area contributed by atoms with Crippen molar-refractivity contribution >= 4 is 0 Å². The number of halogens is 6. The highest BCUT2D eigenvalue weighted by atomic mass is 19.4. The molecule has 19 heavy (non-hydrogen) atoms. The lowest BCUT2D eigenvalue weighted by Gasteiger charge is -2.23. The molecule has 1 N–H and O–H groups in total. The topological polar surface area (TPSA) is 12.0 Å². The molecule has 0 aliphatic carbocycles. The predicted molar refractivity (Wildman–Crippen MR) is 61.8 cm³/mol. The Morgan fingerprint density at radius 3 is 1.95 bits per heavy atom. The number of rotatable bonds is 4. The van der Waals surface area contributed by atoms with Gasteiger partial charge in [-0.25, -0.2) is 0 Å². The van der Waals surface area contributed by atoms with E-state index in [0.29, 0.717) is 6.42 Å². The molecule has 0 bridgehead atoms. The molecule has 1 nitrogen and oxygen atoms in total. The monoisotopic (exact) mass is 293 g/mol. The first kappa shape index (κ1) is 18.5. The first-order valence-electron chi connectivity index (χ1n) is 6.58. The Labute approximate surface area is 109 Å². The standard InChI is InChI=1S/C10H15F6N.C2H6/c11-9(12,13)8(10(14,15)16)5-1-3-7-4-2-6-17-7;1-2/h7-8,17H,1-6H2;1-2H3. The molecular weight excluding hydrogens is 272 g/mol. The van der Waals surface area contributed by atoms with Gasteiger partial charge in [0.25, 0.3) is 0 Å².